The van der Waals surface area contributed by atoms with Gasteiger partial charge >= 0.3 is 0 Å². The lowest BCUT2D eigenvalue weighted by atomic mass is 9.78. The average Bonchev–Trinajstić information content (AvgIpc) is 3.01. The van der Waals surface area contributed by atoms with E-state index >= 15 is 0 Å². The van der Waals surface area contributed by atoms with Crippen molar-refractivity contribution in [3.05, 3.63) is 0 Å². The number of amides is 1. The van der Waals surface area contributed by atoms with Crippen LogP contribution in [0.4, 0.5) is 0 Å². The van der Waals surface area contributed by atoms with E-state index in [0.717, 1.165) is 39.0 Å². The lowest BCUT2D eigenvalue weighted by Gasteiger charge is -2.35. The number of ether oxygens (including phenoxy) is 2. The minimum atomic E-state index is -0.341. The molecule has 0 radical (unpaired) electrons. The standard InChI is InChI=1S/C16H30N2O3/c1-20-13-16(7-10-17-11-8-16)15(19)18-9-4-12-21-14-5-2-3-6-14/h14,17H,2-13H2,1H3,(H,18,19). The molecule has 0 spiro atoms. The van der Waals surface area contributed by atoms with Gasteiger partial charge in [-0.3, -0.25) is 4.79 Å². The number of nitrogens with one attached hydrogen (secondary N) is 2. The predicted molar refractivity (Wildman–Crippen MR) is 82.2 cm³/mol. The number of carbonyl (C=O) groups is 1. The average molecular weight is 298 g/mol. The molecule has 1 saturated carbocycles. The zero-order valence-electron chi connectivity index (χ0n) is 13.3. The van der Waals surface area contributed by atoms with Crippen LogP contribution in [0.1, 0.15) is 44.9 Å². The lowest BCUT2D eigenvalue weighted by Crippen LogP contribution is -2.50. The maximum absolute atomic E-state index is 12.5. The summed E-state index contributed by atoms with van der Waals surface area (Å²) in [6.45, 7) is 3.75. The normalized spacial score (nSPS) is 22.3. The van der Waals surface area contributed by atoms with E-state index in [2.05, 4.69) is 10.6 Å². The van der Waals surface area contributed by atoms with Gasteiger partial charge in [-0.2, -0.15) is 0 Å². The van der Waals surface area contributed by atoms with Gasteiger partial charge in [0.2, 0.25) is 5.91 Å². The zero-order valence-corrected chi connectivity index (χ0v) is 13.3. The van der Waals surface area contributed by atoms with Crippen LogP contribution in [-0.4, -0.2) is 52.0 Å². The third-order valence-electron chi connectivity index (χ3n) is 4.73. The van der Waals surface area contributed by atoms with Crippen molar-refractivity contribution < 1.29 is 14.3 Å². The third kappa shape index (κ3) is 4.94. The fraction of sp³-hybridized carbons (Fsp3) is 0.938. The van der Waals surface area contributed by atoms with Crippen molar-refractivity contribution in [2.75, 3.05) is 40.0 Å². The number of hydrogen-bond acceptors (Lipinski definition) is 4. The maximum atomic E-state index is 12.5. The van der Waals surface area contributed by atoms with Gasteiger partial charge in [0.25, 0.3) is 0 Å². The summed E-state index contributed by atoms with van der Waals surface area (Å²) in [7, 11) is 1.67. The Morgan fingerprint density at radius 1 is 1.29 bits per heavy atom. The Morgan fingerprint density at radius 2 is 2.00 bits per heavy atom. The second-order valence-electron chi connectivity index (χ2n) is 6.35. The second-order valence-corrected chi connectivity index (χ2v) is 6.35. The van der Waals surface area contributed by atoms with Crippen LogP contribution in [0.5, 0.6) is 0 Å². The lowest BCUT2D eigenvalue weighted by molar-refractivity contribution is -0.136. The third-order valence-corrected chi connectivity index (χ3v) is 4.73. The highest BCUT2D eigenvalue weighted by atomic mass is 16.5. The summed E-state index contributed by atoms with van der Waals surface area (Å²) in [6, 6.07) is 0. The van der Waals surface area contributed by atoms with E-state index in [9.17, 15) is 4.79 Å². The molecule has 2 aliphatic rings. The summed E-state index contributed by atoms with van der Waals surface area (Å²) in [4.78, 5) is 12.5. The molecule has 0 aromatic carbocycles. The molecule has 122 valence electrons. The molecule has 0 aromatic rings. The first-order chi connectivity index (χ1) is 10.3. The molecule has 1 amide bonds. The highest BCUT2D eigenvalue weighted by Crippen LogP contribution is 2.29. The summed E-state index contributed by atoms with van der Waals surface area (Å²) >= 11 is 0. The van der Waals surface area contributed by atoms with Crippen molar-refractivity contribution in [2.24, 2.45) is 5.41 Å². The van der Waals surface area contributed by atoms with E-state index in [1.165, 1.54) is 25.7 Å². The molecule has 0 aromatic heterocycles. The van der Waals surface area contributed by atoms with Crippen molar-refractivity contribution in [3.63, 3.8) is 0 Å². The Hall–Kier alpha value is -0.650. The van der Waals surface area contributed by atoms with Gasteiger partial charge in [0, 0.05) is 20.3 Å². The molecule has 2 rings (SSSR count). The van der Waals surface area contributed by atoms with Gasteiger partial charge in [0.1, 0.15) is 0 Å². The fourth-order valence-electron chi connectivity index (χ4n) is 3.39. The molecular weight excluding hydrogens is 268 g/mol. The van der Waals surface area contributed by atoms with Crippen LogP contribution in [-0.2, 0) is 14.3 Å². The minimum absolute atomic E-state index is 0.145. The van der Waals surface area contributed by atoms with Gasteiger partial charge < -0.3 is 20.1 Å². The van der Waals surface area contributed by atoms with Crippen LogP contribution in [0.2, 0.25) is 0 Å². The van der Waals surface area contributed by atoms with Gasteiger partial charge in [0.15, 0.2) is 0 Å². The van der Waals surface area contributed by atoms with Crippen LogP contribution < -0.4 is 10.6 Å². The first-order valence-electron chi connectivity index (χ1n) is 8.36. The van der Waals surface area contributed by atoms with Gasteiger partial charge in [-0.15, -0.1) is 0 Å². The van der Waals surface area contributed by atoms with Crippen LogP contribution in [0.3, 0.4) is 0 Å². The van der Waals surface area contributed by atoms with Crippen molar-refractivity contribution >= 4 is 5.91 Å². The van der Waals surface area contributed by atoms with E-state index in [-0.39, 0.29) is 11.3 Å². The van der Waals surface area contributed by atoms with Gasteiger partial charge in [-0.1, -0.05) is 12.8 Å². The minimum Gasteiger partial charge on any atom is -0.384 e. The van der Waals surface area contributed by atoms with Crippen molar-refractivity contribution in [2.45, 2.75) is 51.0 Å². The maximum Gasteiger partial charge on any atom is 0.228 e. The highest BCUT2D eigenvalue weighted by molar-refractivity contribution is 5.82. The van der Waals surface area contributed by atoms with Crippen molar-refractivity contribution in [1.29, 1.82) is 0 Å². The quantitative estimate of drug-likeness (QED) is 0.666. The number of carbonyl (C=O) groups excluding carboxylic acids is 1. The molecule has 0 bridgehead atoms. The molecule has 1 aliphatic heterocycles. The number of rotatable bonds is 8. The van der Waals surface area contributed by atoms with E-state index in [1.807, 2.05) is 0 Å². The monoisotopic (exact) mass is 298 g/mol. The Bertz CT molecular complexity index is 305. The van der Waals surface area contributed by atoms with Gasteiger partial charge in [-0.05, 0) is 45.2 Å². The first kappa shape index (κ1) is 16.7. The molecule has 0 atom stereocenters. The smallest absolute Gasteiger partial charge is 0.228 e. The Labute approximate surface area is 128 Å². The number of hydrogen-bond donors (Lipinski definition) is 2. The summed E-state index contributed by atoms with van der Waals surface area (Å²) in [5, 5.41) is 6.38. The Kier molecular flexibility index (Phi) is 6.93. The summed E-state index contributed by atoms with van der Waals surface area (Å²) in [6.07, 6.45) is 8.07. The summed E-state index contributed by atoms with van der Waals surface area (Å²) in [5.74, 6) is 0.145. The molecule has 1 heterocycles. The molecule has 2 fully saturated rings. The summed E-state index contributed by atoms with van der Waals surface area (Å²) in [5.41, 5.74) is -0.341. The Balaban J connectivity index is 1.64. The molecule has 5 nitrogen and oxygen atoms in total. The summed E-state index contributed by atoms with van der Waals surface area (Å²) < 4.78 is 11.1. The SMILES string of the molecule is COCC1(C(=O)NCCCOC2CCCC2)CCNCC1. The van der Waals surface area contributed by atoms with E-state index in [4.69, 9.17) is 9.47 Å². The Morgan fingerprint density at radius 3 is 2.67 bits per heavy atom. The molecular formula is C16H30N2O3. The molecule has 5 heteroatoms. The number of piperidine rings is 1. The first-order valence-corrected chi connectivity index (χ1v) is 8.36. The van der Waals surface area contributed by atoms with Crippen LogP contribution >= 0.6 is 0 Å². The molecule has 1 saturated heterocycles. The fourth-order valence-corrected chi connectivity index (χ4v) is 3.39. The van der Waals surface area contributed by atoms with Crippen LogP contribution in [0.25, 0.3) is 0 Å². The van der Waals surface area contributed by atoms with E-state index in [1.54, 1.807) is 7.11 Å². The van der Waals surface area contributed by atoms with Crippen molar-refractivity contribution in [3.8, 4) is 0 Å². The number of methoxy groups -OCH3 is 1. The predicted octanol–water partition coefficient (Wildman–Crippen LogP) is 1.47. The van der Waals surface area contributed by atoms with Crippen LogP contribution in [0.15, 0.2) is 0 Å². The molecule has 21 heavy (non-hydrogen) atoms. The second kappa shape index (κ2) is 8.71. The van der Waals surface area contributed by atoms with E-state index < -0.39 is 0 Å². The van der Waals surface area contributed by atoms with Gasteiger partial charge in [0.05, 0.1) is 18.1 Å². The topological polar surface area (TPSA) is 59.6 Å². The highest BCUT2D eigenvalue weighted by Gasteiger charge is 2.39. The molecule has 1 aliphatic carbocycles. The largest absolute Gasteiger partial charge is 0.384 e. The molecule has 0 unspecified atom stereocenters. The van der Waals surface area contributed by atoms with Crippen LogP contribution in [0, 0.1) is 5.41 Å². The molecule has 2 N–H and O–H groups in total. The zero-order chi connectivity index (χ0) is 15.0. The van der Waals surface area contributed by atoms with E-state index in [0.29, 0.717) is 19.3 Å². The van der Waals surface area contributed by atoms with Crippen molar-refractivity contribution in [1.82, 2.24) is 10.6 Å². The van der Waals surface area contributed by atoms with Gasteiger partial charge in [-0.25, -0.2) is 0 Å².